The topological polar surface area (TPSA) is 41.9 Å². The first-order valence-corrected chi connectivity index (χ1v) is 8.26. The molecule has 0 aliphatic rings. The molecule has 22 heavy (non-hydrogen) atoms. The van der Waals surface area contributed by atoms with E-state index in [9.17, 15) is 0 Å². The van der Waals surface area contributed by atoms with Crippen LogP contribution in [0.5, 0.6) is 0 Å². The Labute approximate surface area is 134 Å². The molecule has 1 aromatic carbocycles. The van der Waals surface area contributed by atoms with Crippen molar-refractivity contribution in [2.75, 3.05) is 10.9 Å². The van der Waals surface area contributed by atoms with Crippen LogP contribution in [0.15, 0.2) is 41.8 Å². The summed E-state index contributed by atoms with van der Waals surface area (Å²) in [6, 6.07) is 12.2. The zero-order valence-corrected chi connectivity index (χ0v) is 13.9. The van der Waals surface area contributed by atoms with Crippen LogP contribution in [0, 0.1) is 13.8 Å². The van der Waals surface area contributed by atoms with Crippen molar-refractivity contribution >= 4 is 22.2 Å². The molecule has 0 amide bonds. The normalized spacial score (nSPS) is 10.7. The van der Waals surface area contributed by atoms with Crippen molar-refractivity contribution in [3.63, 3.8) is 0 Å². The molecule has 0 spiro atoms. The molecule has 4 nitrogen and oxygen atoms in total. The maximum Gasteiger partial charge on any atom is 0.202 e. The second-order valence-electron chi connectivity index (χ2n) is 5.18. The van der Waals surface area contributed by atoms with Crippen LogP contribution < -0.4 is 10.9 Å². The molecule has 2 aromatic heterocycles. The highest BCUT2D eigenvalue weighted by molar-refractivity contribution is 7.14. The van der Waals surface area contributed by atoms with Gasteiger partial charge in [0.15, 0.2) is 0 Å². The van der Waals surface area contributed by atoms with Crippen molar-refractivity contribution in [2.24, 2.45) is 0 Å². The van der Waals surface area contributed by atoms with Crippen LogP contribution in [0.1, 0.15) is 18.3 Å². The van der Waals surface area contributed by atoms with Crippen molar-refractivity contribution in [3.05, 3.63) is 53.2 Å². The summed E-state index contributed by atoms with van der Waals surface area (Å²) in [6.45, 7) is 7.45. The molecular formula is C17H20N4S. The van der Waals surface area contributed by atoms with Crippen LogP contribution in [-0.2, 0) is 6.54 Å². The summed E-state index contributed by atoms with van der Waals surface area (Å²) in [6.07, 6.45) is 0. The lowest BCUT2D eigenvalue weighted by atomic mass is 10.2. The molecule has 3 aromatic rings. The summed E-state index contributed by atoms with van der Waals surface area (Å²) < 4.78 is 2.31. The highest BCUT2D eigenvalue weighted by Crippen LogP contribution is 2.29. The van der Waals surface area contributed by atoms with E-state index in [1.165, 1.54) is 17.0 Å². The SMILES string of the molecule is CCn1c(C)cc(-c2csc(NNc3ccccc3)n2)c1C. The first-order valence-electron chi connectivity index (χ1n) is 7.38. The minimum absolute atomic E-state index is 0.861. The van der Waals surface area contributed by atoms with Crippen LogP contribution in [-0.4, -0.2) is 9.55 Å². The Bertz CT molecular complexity index is 758. The van der Waals surface area contributed by atoms with Gasteiger partial charge in [-0.05, 0) is 39.0 Å². The van der Waals surface area contributed by atoms with E-state index < -0.39 is 0 Å². The highest BCUT2D eigenvalue weighted by atomic mass is 32.1. The lowest BCUT2D eigenvalue weighted by molar-refractivity contribution is 0.719. The number of aryl methyl sites for hydroxylation is 1. The third-order valence-electron chi connectivity index (χ3n) is 3.76. The van der Waals surface area contributed by atoms with Crippen LogP contribution in [0.3, 0.4) is 0 Å². The van der Waals surface area contributed by atoms with Gasteiger partial charge in [-0.15, -0.1) is 11.3 Å². The van der Waals surface area contributed by atoms with E-state index in [0.717, 1.165) is 23.1 Å². The highest BCUT2D eigenvalue weighted by Gasteiger charge is 2.12. The van der Waals surface area contributed by atoms with Crippen molar-refractivity contribution in [1.82, 2.24) is 9.55 Å². The van der Waals surface area contributed by atoms with Gasteiger partial charge in [0, 0.05) is 28.9 Å². The molecule has 0 bridgehead atoms. The van der Waals surface area contributed by atoms with Gasteiger partial charge in [0.25, 0.3) is 0 Å². The summed E-state index contributed by atoms with van der Waals surface area (Å²) in [5.41, 5.74) is 12.1. The van der Waals surface area contributed by atoms with Gasteiger partial charge in [0.05, 0.1) is 11.4 Å². The van der Waals surface area contributed by atoms with Gasteiger partial charge in [0.1, 0.15) is 0 Å². The van der Waals surface area contributed by atoms with E-state index in [0.29, 0.717) is 0 Å². The van der Waals surface area contributed by atoms with Crippen molar-refractivity contribution in [2.45, 2.75) is 27.3 Å². The number of hydrogen-bond acceptors (Lipinski definition) is 4. The molecule has 0 saturated carbocycles. The number of benzene rings is 1. The molecule has 3 rings (SSSR count). The van der Waals surface area contributed by atoms with Crippen LogP contribution in [0.2, 0.25) is 0 Å². The van der Waals surface area contributed by atoms with Crippen molar-refractivity contribution < 1.29 is 0 Å². The van der Waals surface area contributed by atoms with E-state index in [1.54, 1.807) is 11.3 Å². The van der Waals surface area contributed by atoms with Crippen molar-refractivity contribution in [3.8, 4) is 11.3 Å². The van der Waals surface area contributed by atoms with Crippen molar-refractivity contribution in [1.29, 1.82) is 0 Å². The summed E-state index contributed by atoms with van der Waals surface area (Å²) >= 11 is 1.60. The van der Waals surface area contributed by atoms with E-state index in [4.69, 9.17) is 0 Å². The molecule has 0 atom stereocenters. The average molecular weight is 312 g/mol. The number of anilines is 2. The maximum absolute atomic E-state index is 4.68. The molecule has 0 unspecified atom stereocenters. The lowest BCUT2D eigenvalue weighted by Crippen LogP contribution is -2.07. The molecule has 0 aliphatic heterocycles. The smallest absolute Gasteiger partial charge is 0.202 e. The summed E-state index contributed by atoms with van der Waals surface area (Å²) in [5, 5.41) is 2.96. The van der Waals surface area contributed by atoms with Gasteiger partial charge in [-0.2, -0.15) is 0 Å². The fourth-order valence-electron chi connectivity index (χ4n) is 2.65. The zero-order valence-electron chi connectivity index (χ0n) is 13.1. The van der Waals surface area contributed by atoms with Gasteiger partial charge < -0.3 is 4.57 Å². The first-order chi connectivity index (χ1) is 10.7. The van der Waals surface area contributed by atoms with Crippen LogP contribution in [0.4, 0.5) is 10.8 Å². The quantitative estimate of drug-likeness (QED) is 0.672. The third-order valence-corrected chi connectivity index (χ3v) is 4.52. The number of hydrogen-bond donors (Lipinski definition) is 2. The van der Waals surface area contributed by atoms with Gasteiger partial charge in [-0.25, -0.2) is 4.98 Å². The van der Waals surface area contributed by atoms with Gasteiger partial charge in [-0.1, -0.05) is 18.2 Å². The summed E-state index contributed by atoms with van der Waals surface area (Å²) in [4.78, 5) is 4.68. The number of nitrogens with one attached hydrogen (secondary N) is 2. The first kappa shape index (κ1) is 14.7. The Kier molecular flexibility index (Phi) is 4.15. The van der Waals surface area contributed by atoms with Crippen LogP contribution in [0.25, 0.3) is 11.3 Å². The molecule has 0 fully saturated rings. The second-order valence-corrected chi connectivity index (χ2v) is 6.04. The fraction of sp³-hybridized carbons (Fsp3) is 0.235. The molecule has 2 heterocycles. The molecular weight excluding hydrogens is 292 g/mol. The summed E-state index contributed by atoms with van der Waals surface area (Å²) in [5.74, 6) is 0. The molecule has 0 radical (unpaired) electrons. The van der Waals surface area contributed by atoms with Gasteiger partial charge in [-0.3, -0.25) is 10.9 Å². The van der Waals surface area contributed by atoms with Gasteiger partial charge >= 0.3 is 0 Å². The Morgan fingerprint density at radius 2 is 1.91 bits per heavy atom. The van der Waals surface area contributed by atoms with E-state index >= 15 is 0 Å². The van der Waals surface area contributed by atoms with E-state index in [-0.39, 0.29) is 0 Å². The Morgan fingerprint density at radius 3 is 2.59 bits per heavy atom. The van der Waals surface area contributed by atoms with E-state index in [2.05, 4.69) is 52.6 Å². The van der Waals surface area contributed by atoms with Crippen LogP contribution >= 0.6 is 11.3 Å². The number of nitrogens with zero attached hydrogens (tertiary/aromatic N) is 2. The zero-order chi connectivity index (χ0) is 15.5. The lowest BCUT2D eigenvalue weighted by Gasteiger charge is -2.06. The number of aromatic nitrogens is 2. The maximum atomic E-state index is 4.68. The van der Waals surface area contributed by atoms with Gasteiger partial charge in [0.2, 0.25) is 5.13 Å². The molecule has 0 aliphatic carbocycles. The number of para-hydroxylation sites is 1. The Balaban J connectivity index is 1.76. The fourth-order valence-corrected chi connectivity index (χ4v) is 3.31. The Morgan fingerprint density at radius 1 is 1.14 bits per heavy atom. The van der Waals surface area contributed by atoms with E-state index in [1.807, 2.05) is 30.3 Å². The largest absolute Gasteiger partial charge is 0.349 e. The predicted molar refractivity (Wildman–Crippen MR) is 94.4 cm³/mol. The molecule has 0 saturated heterocycles. The number of hydrazine groups is 1. The predicted octanol–water partition coefficient (Wildman–Crippen LogP) is 4.69. The molecule has 5 heteroatoms. The standard InChI is InChI=1S/C17H20N4S/c1-4-21-12(2)10-15(13(21)3)16-11-22-17(18-16)20-19-14-8-6-5-7-9-14/h5-11,19H,4H2,1-3H3,(H,18,20). The molecule has 114 valence electrons. The second kappa shape index (κ2) is 6.23. The number of thiazole rings is 1. The third kappa shape index (κ3) is 2.85. The number of rotatable bonds is 5. The summed E-state index contributed by atoms with van der Waals surface area (Å²) in [7, 11) is 0. The minimum Gasteiger partial charge on any atom is -0.349 e. The Hall–Kier alpha value is -2.27. The molecule has 2 N–H and O–H groups in total. The monoisotopic (exact) mass is 312 g/mol. The minimum atomic E-state index is 0.861. The average Bonchev–Trinajstić information content (AvgIpc) is 3.11.